The van der Waals surface area contributed by atoms with Crippen LogP contribution in [0, 0.1) is 17.8 Å². The number of carbonyl (C=O) groups excluding carboxylic acids is 1. The molecule has 132 valence electrons. The van der Waals surface area contributed by atoms with E-state index in [1.807, 2.05) is 24.3 Å². The molecule has 2 aliphatic rings. The SMILES string of the molecule is NC1C2CCCC1CC(C(=O)Nc1ccc(Cn3cncn3)cc1)C2. The number of anilines is 1. The normalized spacial score (nSPS) is 28.5. The second-order valence-electron chi connectivity index (χ2n) is 7.48. The van der Waals surface area contributed by atoms with Crippen LogP contribution < -0.4 is 11.1 Å². The van der Waals surface area contributed by atoms with E-state index in [9.17, 15) is 4.79 Å². The molecule has 0 spiro atoms. The van der Waals surface area contributed by atoms with Crippen molar-refractivity contribution in [2.75, 3.05) is 5.32 Å². The van der Waals surface area contributed by atoms with Gasteiger partial charge in [0, 0.05) is 17.6 Å². The first-order valence-corrected chi connectivity index (χ1v) is 9.17. The van der Waals surface area contributed by atoms with Crippen LogP contribution in [0.2, 0.25) is 0 Å². The topological polar surface area (TPSA) is 85.8 Å². The zero-order chi connectivity index (χ0) is 17.2. The van der Waals surface area contributed by atoms with Crippen molar-refractivity contribution in [1.29, 1.82) is 0 Å². The summed E-state index contributed by atoms with van der Waals surface area (Å²) in [4.78, 5) is 16.6. The lowest BCUT2D eigenvalue weighted by Gasteiger charge is -2.43. The van der Waals surface area contributed by atoms with Crippen LogP contribution >= 0.6 is 0 Å². The van der Waals surface area contributed by atoms with Gasteiger partial charge in [-0.25, -0.2) is 9.67 Å². The van der Waals surface area contributed by atoms with E-state index in [4.69, 9.17) is 5.73 Å². The summed E-state index contributed by atoms with van der Waals surface area (Å²) < 4.78 is 1.78. The number of rotatable bonds is 4. The summed E-state index contributed by atoms with van der Waals surface area (Å²) in [5, 5.41) is 7.19. The highest BCUT2D eigenvalue weighted by atomic mass is 16.1. The molecular formula is C19H25N5O. The number of amides is 1. The predicted octanol–water partition coefficient (Wildman–Crippen LogP) is 2.42. The molecule has 4 rings (SSSR count). The molecule has 2 bridgehead atoms. The smallest absolute Gasteiger partial charge is 0.227 e. The first-order chi connectivity index (χ1) is 12.2. The van der Waals surface area contributed by atoms with Crippen molar-refractivity contribution in [2.45, 2.75) is 44.7 Å². The average molecular weight is 339 g/mol. The number of nitrogens with one attached hydrogen (secondary N) is 1. The Bertz CT molecular complexity index is 698. The molecule has 2 aliphatic carbocycles. The van der Waals surface area contributed by atoms with E-state index < -0.39 is 0 Å². The average Bonchev–Trinajstić information content (AvgIpc) is 3.09. The number of nitrogens with zero attached hydrogens (tertiary/aromatic N) is 3. The first-order valence-electron chi connectivity index (χ1n) is 9.17. The summed E-state index contributed by atoms with van der Waals surface area (Å²) in [5.74, 6) is 1.29. The van der Waals surface area contributed by atoms with Crippen LogP contribution in [-0.2, 0) is 11.3 Å². The number of fused-ring (bicyclic) bond motifs is 2. The van der Waals surface area contributed by atoms with Crippen molar-refractivity contribution < 1.29 is 4.79 Å². The van der Waals surface area contributed by atoms with Crippen LogP contribution in [0.15, 0.2) is 36.9 Å². The Morgan fingerprint density at radius 1 is 1.20 bits per heavy atom. The van der Waals surface area contributed by atoms with E-state index in [2.05, 4.69) is 15.4 Å². The van der Waals surface area contributed by atoms with Crippen molar-refractivity contribution in [3.05, 3.63) is 42.5 Å². The molecule has 6 heteroatoms. The van der Waals surface area contributed by atoms with Crippen LogP contribution in [0.5, 0.6) is 0 Å². The lowest BCUT2D eigenvalue weighted by molar-refractivity contribution is -0.122. The third-order valence-corrected chi connectivity index (χ3v) is 5.82. The lowest BCUT2D eigenvalue weighted by atomic mass is 9.65. The molecule has 1 aromatic carbocycles. The third kappa shape index (κ3) is 3.58. The summed E-state index contributed by atoms with van der Waals surface area (Å²) >= 11 is 0. The van der Waals surface area contributed by atoms with Crippen molar-refractivity contribution in [3.8, 4) is 0 Å². The molecule has 1 amide bonds. The minimum atomic E-state index is 0.102. The van der Waals surface area contributed by atoms with E-state index in [1.54, 1.807) is 11.0 Å². The molecule has 2 aromatic rings. The molecule has 3 N–H and O–H groups in total. The minimum absolute atomic E-state index is 0.102. The maximum atomic E-state index is 12.7. The number of nitrogens with two attached hydrogens (primary N) is 1. The second kappa shape index (κ2) is 6.96. The van der Waals surface area contributed by atoms with Gasteiger partial charge in [0.25, 0.3) is 0 Å². The quantitative estimate of drug-likeness (QED) is 0.896. The number of hydrogen-bond acceptors (Lipinski definition) is 4. The maximum absolute atomic E-state index is 12.7. The highest BCUT2D eigenvalue weighted by molar-refractivity contribution is 5.92. The fourth-order valence-corrected chi connectivity index (χ4v) is 4.44. The molecule has 0 saturated heterocycles. The molecule has 1 aromatic heterocycles. The van der Waals surface area contributed by atoms with Crippen molar-refractivity contribution >= 4 is 11.6 Å². The molecule has 2 unspecified atom stereocenters. The number of carbonyl (C=O) groups is 1. The van der Waals surface area contributed by atoms with Gasteiger partial charge in [-0.15, -0.1) is 0 Å². The fraction of sp³-hybridized carbons (Fsp3) is 0.526. The Hall–Kier alpha value is -2.21. The van der Waals surface area contributed by atoms with Gasteiger partial charge in [-0.3, -0.25) is 4.79 Å². The van der Waals surface area contributed by atoms with E-state index in [0.717, 1.165) is 24.1 Å². The summed E-state index contributed by atoms with van der Waals surface area (Å²) in [6.45, 7) is 0.679. The fourth-order valence-electron chi connectivity index (χ4n) is 4.44. The largest absolute Gasteiger partial charge is 0.327 e. The Labute approximate surface area is 147 Å². The van der Waals surface area contributed by atoms with E-state index >= 15 is 0 Å². The molecule has 0 radical (unpaired) electrons. The predicted molar refractivity (Wildman–Crippen MR) is 95.7 cm³/mol. The van der Waals surface area contributed by atoms with Gasteiger partial charge in [0.15, 0.2) is 0 Å². The van der Waals surface area contributed by atoms with Gasteiger partial charge in [-0.05, 0) is 55.2 Å². The van der Waals surface area contributed by atoms with E-state index in [0.29, 0.717) is 24.4 Å². The molecule has 2 saturated carbocycles. The molecule has 25 heavy (non-hydrogen) atoms. The van der Waals surface area contributed by atoms with Gasteiger partial charge in [0.2, 0.25) is 5.91 Å². The summed E-state index contributed by atoms with van der Waals surface area (Å²) in [6.07, 6.45) is 8.73. The monoisotopic (exact) mass is 339 g/mol. The van der Waals surface area contributed by atoms with Gasteiger partial charge in [0.1, 0.15) is 12.7 Å². The van der Waals surface area contributed by atoms with Crippen molar-refractivity contribution in [2.24, 2.45) is 23.5 Å². The van der Waals surface area contributed by atoms with Gasteiger partial charge in [-0.1, -0.05) is 18.6 Å². The summed E-state index contributed by atoms with van der Waals surface area (Å²) in [7, 11) is 0. The zero-order valence-corrected chi connectivity index (χ0v) is 14.3. The lowest BCUT2D eigenvalue weighted by Crippen LogP contribution is -2.48. The zero-order valence-electron chi connectivity index (χ0n) is 14.3. The highest BCUT2D eigenvalue weighted by Crippen LogP contribution is 2.42. The maximum Gasteiger partial charge on any atom is 0.227 e. The highest BCUT2D eigenvalue weighted by Gasteiger charge is 2.40. The Kier molecular flexibility index (Phi) is 4.53. The van der Waals surface area contributed by atoms with Crippen LogP contribution in [-0.4, -0.2) is 26.7 Å². The third-order valence-electron chi connectivity index (χ3n) is 5.82. The molecule has 6 nitrogen and oxygen atoms in total. The van der Waals surface area contributed by atoms with Crippen LogP contribution in [0.1, 0.15) is 37.7 Å². The van der Waals surface area contributed by atoms with Crippen LogP contribution in [0.3, 0.4) is 0 Å². The molecule has 1 heterocycles. The van der Waals surface area contributed by atoms with E-state index in [1.165, 1.54) is 25.6 Å². The summed E-state index contributed by atoms with van der Waals surface area (Å²) in [6, 6.07) is 8.25. The minimum Gasteiger partial charge on any atom is -0.327 e. The Morgan fingerprint density at radius 2 is 1.92 bits per heavy atom. The summed E-state index contributed by atoms with van der Waals surface area (Å²) in [5.41, 5.74) is 8.31. The van der Waals surface area contributed by atoms with Crippen molar-refractivity contribution in [1.82, 2.24) is 14.8 Å². The van der Waals surface area contributed by atoms with E-state index in [-0.39, 0.29) is 11.8 Å². The Balaban J connectivity index is 1.36. The number of aromatic nitrogens is 3. The molecule has 2 fully saturated rings. The first kappa shape index (κ1) is 16.3. The standard InChI is InChI=1S/C19H25N5O/c20-18-14-2-1-3-15(18)9-16(8-14)19(25)23-17-6-4-13(5-7-17)10-24-12-21-11-22-24/h4-7,11-12,14-16,18H,1-3,8-10,20H2,(H,23,25). The van der Waals surface area contributed by atoms with Crippen molar-refractivity contribution in [3.63, 3.8) is 0 Å². The van der Waals surface area contributed by atoms with Crippen LogP contribution in [0.25, 0.3) is 0 Å². The molecule has 0 aliphatic heterocycles. The molecular weight excluding hydrogens is 314 g/mol. The second-order valence-corrected chi connectivity index (χ2v) is 7.48. The number of hydrogen-bond donors (Lipinski definition) is 2. The van der Waals surface area contributed by atoms with Gasteiger partial charge in [-0.2, -0.15) is 5.10 Å². The van der Waals surface area contributed by atoms with Crippen LogP contribution in [0.4, 0.5) is 5.69 Å². The van der Waals surface area contributed by atoms with Gasteiger partial charge >= 0.3 is 0 Å². The van der Waals surface area contributed by atoms with Gasteiger partial charge < -0.3 is 11.1 Å². The Morgan fingerprint density at radius 3 is 2.56 bits per heavy atom. The molecule has 2 atom stereocenters. The number of benzene rings is 1. The van der Waals surface area contributed by atoms with Gasteiger partial charge in [0.05, 0.1) is 6.54 Å².